The topological polar surface area (TPSA) is 101 Å². The molecule has 0 saturated carbocycles. The first kappa shape index (κ1) is 11.6. The Morgan fingerprint density at radius 3 is 2.44 bits per heavy atom. The highest BCUT2D eigenvalue weighted by atomic mass is 16.6. The van der Waals surface area contributed by atoms with Crippen LogP contribution in [0.25, 0.3) is 0 Å². The van der Waals surface area contributed by atoms with Gasteiger partial charge in [-0.05, 0) is 6.07 Å². The first-order valence-electron chi connectivity index (χ1n) is 4.32. The number of hydrogen-bond acceptors (Lipinski definition) is 4. The van der Waals surface area contributed by atoms with Gasteiger partial charge in [-0.25, -0.2) is 0 Å². The molecule has 2 N–H and O–H groups in total. The molecule has 1 aromatic rings. The van der Waals surface area contributed by atoms with Gasteiger partial charge in [0.05, 0.1) is 4.92 Å². The minimum Gasteiger partial charge on any atom is -0.274 e. The second-order valence-corrected chi connectivity index (χ2v) is 2.91. The van der Waals surface area contributed by atoms with Crippen LogP contribution in [0.4, 0.5) is 5.69 Å². The van der Waals surface area contributed by atoms with Crippen LogP contribution in [-0.4, -0.2) is 16.7 Å². The van der Waals surface area contributed by atoms with E-state index in [9.17, 15) is 19.7 Å². The second-order valence-electron chi connectivity index (χ2n) is 2.91. The molecule has 0 heterocycles. The van der Waals surface area contributed by atoms with Gasteiger partial charge in [-0.1, -0.05) is 12.1 Å². The molecule has 0 spiro atoms. The lowest BCUT2D eigenvalue weighted by Crippen LogP contribution is -2.40. The molecule has 0 atom stereocenters. The number of para-hydroxylation sites is 1. The Kier molecular flexibility index (Phi) is 3.54. The summed E-state index contributed by atoms with van der Waals surface area (Å²) >= 11 is 0. The Bertz CT molecular complexity index is 444. The largest absolute Gasteiger partial charge is 0.282 e. The number of carbonyl (C=O) groups excluding carboxylic acids is 2. The fourth-order valence-electron chi connectivity index (χ4n) is 1.04. The molecule has 0 saturated heterocycles. The monoisotopic (exact) mass is 223 g/mol. The third kappa shape index (κ3) is 2.77. The van der Waals surface area contributed by atoms with Crippen molar-refractivity contribution in [3.8, 4) is 0 Å². The quantitative estimate of drug-likeness (QED) is 0.558. The van der Waals surface area contributed by atoms with Gasteiger partial charge in [0, 0.05) is 13.0 Å². The average molecular weight is 223 g/mol. The smallest absolute Gasteiger partial charge is 0.274 e. The number of hydrogen-bond donors (Lipinski definition) is 2. The fraction of sp³-hybridized carbons (Fsp3) is 0.111. The summed E-state index contributed by atoms with van der Waals surface area (Å²) in [4.78, 5) is 31.9. The number of nitrogens with one attached hydrogen (secondary N) is 2. The molecule has 0 bridgehead atoms. The standard InChI is InChI=1S/C9H9N3O4/c1-6(13)10-11-9(14)7-4-2-3-5-8(7)12(15)16/h2-5H,1H3,(H,10,13)(H,11,14). The number of nitrogens with zero attached hydrogens (tertiary/aromatic N) is 1. The van der Waals surface area contributed by atoms with E-state index in [4.69, 9.17) is 0 Å². The Morgan fingerprint density at radius 1 is 1.25 bits per heavy atom. The molecule has 2 amide bonds. The Morgan fingerprint density at radius 2 is 1.88 bits per heavy atom. The Hall–Kier alpha value is -2.44. The van der Waals surface area contributed by atoms with Gasteiger partial charge >= 0.3 is 0 Å². The van der Waals surface area contributed by atoms with Crippen LogP contribution in [0.3, 0.4) is 0 Å². The van der Waals surface area contributed by atoms with Gasteiger partial charge < -0.3 is 0 Å². The van der Waals surface area contributed by atoms with Gasteiger partial charge in [0.2, 0.25) is 5.91 Å². The highest BCUT2D eigenvalue weighted by molar-refractivity contribution is 5.98. The second kappa shape index (κ2) is 4.87. The van der Waals surface area contributed by atoms with Crippen molar-refractivity contribution in [3.05, 3.63) is 39.9 Å². The number of benzene rings is 1. The van der Waals surface area contributed by atoms with E-state index in [1.54, 1.807) is 0 Å². The van der Waals surface area contributed by atoms with E-state index in [-0.39, 0.29) is 11.3 Å². The van der Waals surface area contributed by atoms with E-state index in [2.05, 4.69) is 5.43 Å². The predicted octanol–water partition coefficient (Wildman–Crippen LogP) is 0.376. The first-order chi connectivity index (χ1) is 7.52. The molecule has 16 heavy (non-hydrogen) atoms. The van der Waals surface area contributed by atoms with E-state index in [0.717, 1.165) is 0 Å². The molecule has 7 heteroatoms. The van der Waals surface area contributed by atoms with Gasteiger partial charge in [0.25, 0.3) is 11.6 Å². The number of rotatable bonds is 2. The molecule has 0 aliphatic heterocycles. The molecule has 0 aromatic heterocycles. The van der Waals surface area contributed by atoms with Gasteiger partial charge in [0.1, 0.15) is 5.56 Å². The molecule has 1 rings (SSSR count). The van der Waals surface area contributed by atoms with Crippen LogP contribution in [0.2, 0.25) is 0 Å². The Balaban J connectivity index is 2.90. The molecular weight excluding hydrogens is 214 g/mol. The summed E-state index contributed by atoms with van der Waals surface area (Å²) in [7, 11) is 0. The zero-order chi connectivity index (χ0) is 12.1. The molecule has 0 radical (unpaired) electrons. The third-order valence-corrected chi connectivity index (χ3v) is 1.70. The van der Waals surface area contributed by atoms with E-state index in [0.29, 0.717) is 0 Å². The maximum Gasteiger partial charge on any atom is 0.282 e. The van der Waals surface area contributed by atoms with Crippen molar-refractivity contribution < 1.29 is 14.5 Å². The van der Waals surface area contributed by atoms with Crippen LogP contribution < -0.4 is 10.9 Å². The lowest BCUT2D eigenvalue weighted by Gasteiger charge is -2.04. The number of hydrazine groups is 1. The van der Waals surface area contributed by atoms with Crippen molar-refractivity contribution in [2.24, 2.45) is 0 Å². The molecule has 0 aliphatic rings. The SMILES string of the molecule is CC(=O)NNC(=O)c1ccccc1[N+](=O)[O-]. The summed E-state index contributed by atoms with van der Waals surface area (Å²) in [5.41, 5.74) is 3.68. The Labute approximate surface area is 90.6 Å². The zero-order valence-electron chi connectivity index (χ0n) is 8.39. The van der Waals surface area contributed by atoms with Gasteiger partial charge in [0.15, 0.2) is 0 Å². The predicted molar refractivity (Wildman–Crippen MR) is 54.4 cm³/mol. The first-order valence-corrected chi connectivity index (χ1v) is 4.32. The van der Waals surface area contributed by atoms with Crippen molar-refractivity contribution in [1.82, 2.24) is 10.9 Å². The van der Waals surface area contributed by atoms with E-state index in [1.165, 1.54) is 31.2 Å². The summed E-state index contributed by atoms with van der Waals surface area (Å²) in [6, 6.07) is 5.46. The van der Waals surface area contributed by atoms with Gasteiger partial charge in [-0.3, -0.25) is 30.6 Å². The summed E-state index contributed by atoms with van der Waals surface area (Å²) in [5.74, 6) is -1.20. The summed E-state index contributed by atoms with van der Waals surface area (Å²) < 4.78 is 0. The number of nitro groups is 1. The molecular formula is C9H9N3O4. The van der Waals surface area contributed by atoms with Crippen molar-refractivity contribution in [2.75, 3.05) is 0 Å². The van der Waals surface area contributed by atoms with Gasteiger partial charge in [-0.2, -0.15) is 0 Å². The highest BCUT2D eigenvalue weighted by Crippen LogP contribution is 2.16. The minimum absolute atomic E-state index is 0.110. The van der Waals surface area contributed by atoms with Crippen molar-refractivity contribution in [2.45, 2.75) is 6.92 Å². The lowest BCUT2D eigenvalue weighted by atomic mass is 10.2. The summed E-state index contributed by atoms with van der Waals surface area (Å²) in [6.07, 6.45) is 0. The van der Waals surface area contributed by atoms with Crippen LogP contribution in [0, 0.1) is 10.1 Å². The minimum atomic E-state index is -0.734. The summed E-state index contributed by atoms with van der Waals surface area (Å²) in [5, 5.41) is 10.6. The van der Waals surface area contributed by atoms with Crippen molar-refractivity contribution >= 4 is 17.5 Å². The molecule has 7 nitrogen and oxygen atoms in total. The fourth-order valence-corrected chi connectivity index (χ4v) is 1.04. The molecule has 84 valence electrons. The van der Waals surface area contributed by atoms with Crippen LogP contribution in [0.5, 0.6) is 0 Å². The third-order valence-electron chi connectivity index (χ3n) is 1.70. The van der Waals surface area contributed by atoms with Crippen LogP contribution in [0.15, 0.2) is 24.3 Å². The molecule has 0 aliphatic carbocycles. The van der Waals surface area contributed by atoms with Gasteiger partial charge in [-0.15, -0.1) is 0 Å². The average Bonchev–Trinajstić information content (AvgIpc) is 2.25. The van der Waals surface area contributed by atoms with Crippen LogP contribution >= 0.6 is 0 Å². The molecule has 0 fully saturated rings. The zero-order valence-corrected chi connectivity index (χ0v) is 8.39. The maximum absolute atomic E-state index is 11.4. The van der Waals surface area contributed by atoms with Crippen LogP contribution in [-0.2, 0) is 4.79 Å². The number of nitro benzene ring substituents is 1. The van der Waals surface area contributed by atoms with E-state index < -0.39 is 16.7 Å². The highest BCUT2D eigenvalue weighted by Gasteiger charge is 2.18. The number of amides is 2. The molecule has 1 aromatic carbocycles. The van der Waals surface area contributed by atoms with Crippen molar-refractivity contribution in [3.63, 3.8) is 0 Å². The maximum atomic E-state index is 11.4. The van der Waals surface area contributed by atoms with Crippen molar-refractivity contribution in [1.29, 1.82) is 0 Å². The molecule has 0 unspecified atom stereocenters. The van der Waals surface area contributed by atoms with Crippen LogP contribution in [0.1, 0.15) is 17.3 Å². The lowest BCUT2D eigenvalue weighted by molar-refractivity contribution is -0.385. The van der Waals surface area contributed by atoms with E-state index >= 15 is 0 Å². The normalized spacial score (nSPS) is 9.31. The summed E-state index contributed by atoms with van der Waals surface area (Å²) in [6.45, 7) is 1.21. The van der Waals surface area contributed by atoms with E-state index in [1.807, 2.05) is 5.43 Å². The number of carbonyl (C=O) groups is 2.